The van der Waals surface area contributed by atoms with Gasteiger partial charge in [-0.15, -0.1) is 0 Å². The minimum Gasteiger partial charge on any atom is -0.368 e. The van der Waals surface area contributed by atoms with Crippen molar-refractivity contribution >= 4 is 41.1 Å². The molecule has 2 aromatic rings. The third-order valence-corrected chi connectivity index (χ3v) is 6.60. The average Bonchev–Trinajstić information content (AvgIpc) is 3.21. The summed E-state index contributed by atoms with van der Waals surface area (Å²) >= 11 is 5.68. The van der Waals surface area contributed by atoms with Crippen molar-refractivity contribution in [2.45, 2.75) is 18.3 Å². The number of nitrogens with two attached hydrogens (primary N) is 1. The van der Waals surface area contributed by atoms with E-state index in [4.69, 9.17) is 17.3 Å². The van der Waals surface area contributed by atoms with Crippen LogP contribution in [0.5, 0.6) is 0 Å². The first-order valence-electron chi connectivity index (χ1n) is 9.69. The largest absolute Gasteiger partial charge is 0.417 e. The van der Waals surface area contributed by atoms with Gasteiger partial charge in [0.05, 0.1) is 34.2 Å². The summed E-state index contributed by atoms with van der Waals surface area (Å²) in [5, 5.41) is -0.548. The van der Waals surface area contributed by atoms with E-state index in [-0.39, 0.29) is 5.69 Å². The van der Waals surface area contributed by atoms with Crippen LogP contribution in [-0.4, -0.2) is 28.7 Å². The Kier molecular flexibility index (Phi) is 4.39. The van der Waals surface area contributed by atoms with E-state index < -0.39 is 58.4 Å². The zero-order chi connectivity index (χ0) is 22.9. The van der Waals surface area contributed by atoms with E-state index in [2.05, 4.69) is 0 Å². The van der Waals surface area contributed by atoms with Gasteiger partial charge in [-0.1, -0.05) is 35.9 Å². The molecule has 5 rings (SSSR count). The molecule has 2 fully saturated rings. The number of rotatable bonds is 2. The number of hydrogen-bond donors (Lipinski definition) is 1. The number of primary amides is 1. The third-order valence-electron chi connectivity index (χ3n) is 6.27. The summed E-state index contributed by atoms with van der Waals surface area (Å²) in [7, 11) is 0. The Morgan fingerprint density at radius 2 is 1.72 bits per heavy atom. The zero-order valence-electron chi connectivity index (χ0n) is 16.2. The summed E-state index contributed by atoms with van der Waals surface area (Å²) in [6.45, 7) is 0. The van der Waals surface area contributed by atoms with Gasteiger partial charge in [0.2, 0.25) is 17.7 Å². The molecule has 3 aliphatic heterocycles. The van der Waals surface area contributed by atoms with Crippen LogP contribution in [0.25, 0.3) is 6.08 Å². The summed E-state index contributed by atoms with van der Waals surface area (Å²) in [6.07, 6.45) is -1.37. The molecular weight excluding hydrogens is 447 g/mol. The molecule has 0 unspecified atom stereocenters. The minimum absolute atomic E-state index is 0.250. The molecule has 6 nitrogen and oxygen atoms in total. The summed E-state index contributed by atoms with van der Waals surface area (Å²) in [5.41, 5.74) is 5.76. The number of halogens is 4. The van der Waals surface area contributed by atoms with E-state index in [9.17, 15) is 27.6 Å². The topological polar surface area (TPSA) is 83.7 Å². The third kappa shape index (κ3) is 2.77. The van der Waals surface area contributed by atoms with Crippen LogP contribution in [0.15, 0.2) is 48.7 Å². The number of nitrogens with zero attached hydrogens (tertiary/aromatic N) is 2. The maximum Gasteiger partial charge on any atom is 0.417 e. The molecule has 2 aromatic carbocycles. The van der Waals surface area contributed by atoms with E-state index in [1.165, 1.54) is 6.07 Å². The summed E-state index contributed by atoms with van der Waals surface area (Å²) in [6, 6.07) is 8.31. The van der Waals surface area contributed by atoms with E-state index >= 15 is 0 Å². The molecule has 32 heavy (non-hydrogen) atoms. The molecule has 4 atom stereocenters. The number of carbonyl (C=O) groups is 3. The second-order valence-corrected chi connectivity index (χ2v) is 8.32. The zero-order valence-corrected chi connectivity index (χ0v) is 17.0. The maximum atomic E-state index is 13.5. The lowest BCUT2D eigenvalue weighted by Gasteiger charge is -2.34. The fourth-order valence-corrected chi connectivity index (χ4v) is 5.23. The molecule has 0 aliphatic carbocycles. The van der Waals surface area contributed by atoms with Crippen LogP contribution in [0.3, 0.4) is 0 Å². The Labute approximate surface area is 185 Å². The van der Waals surface area contributed by atoms with Crippen molar-refractivity contribution in [1.82, 2.24) is 4.90 Å². The van der Waals surface area contributed by atoms with Crippen LogP contribution >= 0.6 is 11.6 Å². The van der Waals surface area contributed by atoms with E-state index in [1.807, 2.05) is 12.1 Å². The average molecular weight is 462 g/mol. The lowest BCUT2D eigenvalue weighted by atomic mass is 9.84. The van der Waals surface area contributed by atoms with Crippen molar-refractivity contribution in [3.63, 3.8) is 0 Å². The fourth-order valence-electron chi connectivity index (χ4n) is 5.01. The van der Waals surface area contributed by atoms with Gasteiger partial charge in [-0.05, 0) is 35.4 Å². The smallest absolute Gasteiger partial charge is 0.368 e. The normalized spacial score (nSPS) is 26.2. The lowest BCUT2D eigenvalue weighted by Crippen LogP contribution is -2.46. The first kappa shape index (κ1) is 20.6. The van der Waals surface area contributed by atoms with Crippen LogP contribution in [0, 0.1) is 11.8 Å². The molecule has 164 valence electrons. The van der Waals surface area contributed by atoms with Crippen LogP contribution in [0.2, 0.25) is 5.02 Å². The molecule has 3 heterocycles. The molecule has 3 aliphatic rings. The highest BCUT2D eigenvalue weighted by molar-refractivity contribution is 6.31. The van der Waals surface area contributed by atoms with E-state index in [1.54, 1.807) is 29.3 Å². The molecule has 3 amide bonds. The Balaban J connectivity index is 1.63. The fraction of sp³-hybridized carbons (Fsp3) is 0.227. The van der Waals surface area contributed by atoms with Gasteiger partial charge in [0.1, 0.15) is 6.04 Å². The highest BCUT2D eigenvalue weighted by atomic mass is 35.5. The standard InChI is InChI=1S/C22H15ClF3N3O3/c23-14-6-5-11(9-13(14)22(24,25)26)29-20(31)15-16(21(29)32)18(19(27)30)28-8-7-10-3-1-2-4-12(10)17(15)28/h1-9,15-18H,(H2,27,30)/t15-,16+,17+,18-/m0/s1. The van der Waals surface area contributed by atoms with Crippen molar-refractivity contribution in [2.24, 2.45) is 17.6 Å². The number of amides is 3. The van der Waals surface area contributed by atoms with Crippen molar-refractivity contribution in [3.8, 4) is 0 Å². The molecule has 0 bridgehead atoms. The van der Waals surface area contributed by atoms with Gasteiger partial charge >= 0.3 is 6.18 Å². The maximum absolute atomic E-state index is 13.5. The molecule has 0 saturated carbocycles. The Morgan fingerprint density at radius 1 is 1.03 bits per heavy atom. The molecule has 2 saturated heterocycles. The summed E-state index contributed by atoms with van der Waals surface area (Å²) < 4.78 is 40.0. The van der Waals surface area contributed by atoms with Crippen LogP contribution in [-0.2, 0) is 20.6 Å². The summed E-state index contributed by atoms with van der Waals surface area (Å²) in [5.74, 6) is -4.33. The predicted octanol–water partition coefficient (Wildman–Crippen LogP) is 3.36. The number of benzene rings is 2. The lowest BCUT2D eigenvalue weighted by molar-refractivity contribution is -0.137. The molecule has 0 spiro atoms. The van der Waals surface area contributed by atoms with Crippen LogP contribution < -0.4 is 10.6 Å². The van der Waals surface area contributed by atoms with Gasteiger partial charge < -0.3 is 10.6 Å². The summed E-state index contributed by atoms with van der Waals surface area (Å²) in [4.78, 5) is 41.5. The van der Waals surface area contributed by atoms with Crippen LogP contribution in [0.1, 0.15) is 22.7 Å². The number of fused-ring (bicyclic) bond motifs is 5. The number of imide groups is 1. The molecular formula is C22H15ClF3N3O3. The monoisotopic (exact) mass is 461 g/mol. The number of hydrogen-bond acceptors (Lipinski definition) is 4. The van der Waals surface area contributed by atoms with Gasteiger partial charge in [-0.3, -0.25) is 14.4 Å². The van der Waals surface area contributed by atoms with Crippen molar-refractivity contribution in [1.29, 1.82) is 0 Å². The molecule has 0 radical (unpaired) electrons. The number of anilines is 1. The highest BCUT2D eigenvalue weighted by Crippen LogP contribution is 2.53. The predicted molar refractivity (Wildman–Crippen MR) is 109 cm³/mol. The van der Waals surface area contributed by atoms with Crippen molar-refractivity contribution in [2.75, 3.05) is 4.90 Å². The van der Waals surface area contributed by atoms with Crippen molar-refractivity contribution in [3.05, 3.63) is 70.4 Å². The molecule has 10 heteroatoms. The number of alkyl halides is 3. The Bertz CT molecular complexity index is 1210. The first-order chi connectivity index (χ1) is 15.1. The van der Waals surface area contributed by atoms with E-state index in [0.717, 1.165) is 22.1 Å². The van der Waals surface area contributed by atoms with E-state index in [0.29, 0.717) is 6.07 Å². The Hall–Kier alpha value is -3.33. The van der Waals surface area contributed by atoms with Gasteiger partial charge in [-0.2, -0.15) is 13.2 Å². The second-order valence-electron chi connectivity index (χ2n) is 7.91. The Morgan fingerprint density at radius 3 is 2.41 bits per heavy atom. The minimum atomic E-state index is -4.77. The van der Waals surface area contributed by atoms with Crippen molar-refractivity contribution < 1.29 is 27.6 Å². The van der Waals surface area contributed by atoms with Crippen LogP contribution in [0.4, 0.5) is 18.9 Å². The number of carbonyl (C=O) groups excluding carboxylic acids is 3. The van der Waals surface area contributed by atoms with Gasteiger partial charge in [0.15, 0.2) is 0 Å². The highest BCUT2D eigenvalue weighted by Gasteiger charge is 2.64. The van der Waals surface area contributed by atoms with Gasteiger partial charge in [-0.25, -0.2) is 4.90 Å². The van der Waals surface area contributed by atoms with Gasteiger partial charge in [0.25, 0.3) is 0 Å². The molecule has 2 N–H and O–H groups in total. The second kappa shape index (κ2) is 6.83. The SMILES string of the molecule is NC(=O)[C@@H]1[C@@H]2C(=O)N(c3ccc(Cl)c(C(F)(F)F)c3)C(=O)[C@@H]2[C@H]2c3ccccc3C=CN12. The molecule has 0 aromatic heterocycles. The quantitative estimate of drug-likeness (QED) is 0.695. The van der Waals surface area contributed by atoms with Gasteiger partial charge in [0, 0.05) is 6.20 Å². The first-order valence-corrected chi connectivity index (χ1v) is 10.1.